The van der Waals surface area contributed by atoms with Crippen molar-refractivity contribution in [2.24, 2.45) is 30.7 Å². The summed E-state index contributed by atoms with van der Waals surface area (Å²) in [5.41, 5.74) is 4.42. The lowest BCUT2D eigenvalue weighted by atomic mass is 9.53. The van der Waals surface area contributed by atoms with Gasteiger partial charge < -0.3 is 23.7 Å². The molecule has 2 aromatic carbocycles. The minimum absolute atomic E-state index is 0.103. The van der Waals surface area contributed by atoms with E-state index in [0.717, 1.165) is 83.8 Å². The highest BCUT2D eigenvalue weighted by Gasteiger charge is 2.61. The third-order valence-corrected chi connectivity index (χ3v) is 10.8. The van der Waals surface area contributed by atoms with Crippen molar-refractivity contribution in [1.29, 1.82) is 0 Å². The fourth-order valence-electron chi connectivity index (χ4n) is 8.34. The molecule has 4 aliphatic rings. The Labute approximate surface area is 254 Å². The fraction of sp³-hybridized carbons (Fsp3) is 0.394. The number of carbonyl (C=O) groups excluding carboxylic acids is 1. The first kappa shape index (κ1) is 25.4. The van der Waals surface area contributed by atoms with E-state index < -0.39 is 0 Å². The maximum atomic E-state index is 13.9. The van der Waals surface area contributed by atoms with Crippen molar-refractivity contribution in [2.75, 3.05) is 31.6 Å². The highest BCUT2D eigenvalue weighted by Crippen LogP contribution is 2.60. The molecule has 0 bridgehead atoms. The molecule has 9 rings (SSSR count). The van der Waals surface area contributed by atoms with Gasteiger partial charge in [0.15, 0.2) is 5.82 Å². The Hall–Kier alpha value is -4.11. The standard InChI is InChI=1S/C33H32ClN7O2/c1-38-25-5-4-23(34)9-19(25)11-27(38)31-37-24-10-21(32(42)40-17-22-8-20-12-26(40)29(20)22)13-28(43-2)30(24)41(31)16-18-14-39(15-18)33-35-6-3-7-36-33/h3-7,9-11,13,18,20,22,26,29H,8,12,14-17H2,1-2H3/t20?,22?,26?,29-/m1/s1. The van der Waals surface area contributed by atoms with Crippen LogP contribution < -0.4 is 9.64 Å². The van der Waals surface area contributed by atoms with Gasteiger partial charge in [0.2, 0.25) is 5.95 Å². The number of imidazole rings is 1. The van der Waals surface area contributed by atoms with Gasteiger partial charge in [-0.25, -0.2) is 15.0 Å². The first-order valence-electron chi connectivity index (χ1n) is 15.1. The van der Waals surface area contributed by atoms with Crippen molar-refractivity contribution in [3.8, 4) is 17.3 Å². The van der Waals surface area contributed by atoms with Crippen molar-refractivity contribution >= 4 is 45.4 Å². The van der Waals surface area contributed by atoms with Crippen molar-refractivity contribution in [1.82, 2.24) is 29.0 Å². The number of anilines is 1. The third kappa shape index (κ3) is 3.70. The molecule has 2 saturated carbocycles. The molecule has 5 aromatic rings. The van der Waals surface area contributed by atoms with E-state index in [2.05, 4.69) is 42.0 Å². The highest BCUT2D eigenvalue weighted by molar-refractivity contribution is 6.31. The van der Waals surface area contributed by atoms with Crippen molar-refractivity contribution in [3.05, 3.63) is 65.4 Å². The number of fused-ring (bicyclic) bond motifs is 2. The zero-order valence-electron chi connectivity index (χ0n) is 24.2. The molecule has 43 heavy (non-hydrogen) atoms. The molecular weight excluding hydrogens is 562 g/mol. The van der Waals surface area contributed by atoms with Crippen LogP contribution in [0.5, 0.6) is 5.75 Å². The lowest BCUT2D eigenvalue weighted by molar-refractivity contribution is -0.0204. The van der Waals surface area contributed by atoms with Crippen LogP contribution in [0.3, 0.4) is 0 Å². The fourth-order valence-corrected chi connectivity index (χ4v) is 8.52. The van der Waals surface area contributed by atoms with E-state index in [9.17, 15) is 4.79 Å². The molecule has 2 aliphatic carbocycles. The maximum absolute atomic E-state index is 13.9. The molecule has 1 amide bonds. The average molecular weight is 594 g/mol. The lowest BCUT2D eigenvalue weighted by Crippen LogP contribution is -2.53. The van der Waals surface area contributed by atoms with Gasteiger partial charge in [0.1, 0.15) is 11.3 Å². The number of ether oxygens (including phenoxy) is 1. The summed E-state index contributed by atoms with van der Waals surface area (Å²) < 4.78 is 10.4. The van der Waals surface area contributed by atoms with E-state index in [1.807, 2.05) is 36.4 Å². The molecule has 5 heterocycles. The van der Waals surface area contributed by atoms with Crippen LogP contribution >= 0.6 is 11.6 Å². The van der Waals surface area contributed by atoms with Crippen LogP contribution in [0.25, 0.3) is 33.5 Å². The van der Waals surface area contributed by atoms with Crippen LogP contribution in [-0.2, 0) is 13.6 Å². The summed E-state index contributed by atoms with van der Waals surface area (Å²) in [6.07, 6.45) is 6.00. The van der Waals surface area contributed by atoms with Gasteiger partial charge in [-0.1, -0.05) is 11.6 Å². The van der Waals surface area contributed by atoms with E-state index in [1.165, 1.54) is 6.42 Å². The molecule has 0 N–H and O–H groups in total. The molecule has 218 valence electrons. The predicted octanol–water partition coefficient (Wildman–Crippen LogP) is 5.26. The maximum Gasteiger partial charge on any atom is 0.254 e. The molecule has 4 fully saturated rings. The van der Waals surface area contributed by atoms with E-state index in [-0.39, 0.29) is 5.91 Å². The summed E-state index contributed by atoms with van der Waals surface area (Å²) in [4.78, 5) is 32.3. The zero-order valence-corrected chi connectivity index (χ0v) is 24.9. The summed E-state index contributed by atoms with van der Waals surface area (Å²) >= 11 is 6.36. The Kier molecular flexibility index (Phi) is 5.43. The number of aryl methyl sites for hydroxylation is 1. The second kappa shape index (κ2) is 9.19. The summed E-state index contributed by atoms with van der Waals surface area (Å²) in [5, 5.41) is 1.76. The molecule has 0 spiro atoms. The van der Waals surface area contributed by atoms with Crippen molar-refractivity contribution < 1.29 is 9.53 Å². The SMILES string of the molecule is COc1cc(C(=O)N2CC3CC4CC2[C@H]43)cc2nc(-c3cc4cc(Cl)ccc4n3C)n(CC3CN(c4ncccn4)C3)c12. The second-order valence-electron chi connectivity index (χ2n) is 12.8. The number of aromatic nitrogens is 5. The van der Waals surface area contributed by atoms with E-state index in [4.69, 9.17) is 21.3 Å². The number of likely N-dealkylation sites (tertiary alicyclic amines) is 1. The Morgan fingerprint density at radius 2 is 1.88 bits per heavy atom. The van der Waals surface area contributed by atoms with E-state index >= 15 is 0 Å². The number of rotatable bonds is 6. The number of halogens is 1. The molecule has 0 radical (unpaired) electrons. The first-order chi connectivity index (χ1) is 21.0. The van der Waals surface area contributed by atoms with Gasteiger partial charge in [0, 0.05) is 79.1 Å². The van der Waals surface area contributed by atoms with Crippen LogP contribution in [0.1, 0.15) is 23.2 Å². The topological polar surface area (TPSA) is 81.3 Å². The molecule has 3 unspecified atom stereocenters. The molecule has 4 atom stereocenters. The normalized spacial score (nSPS) is 24.2. The predicted molar refractivity (Wildman–Crippen MR) is 165 cm³/mol. The zero-order chi connectivity index (χ0) is 29.0. The highest BCUT2D eigenvalue weighted by atomic mass is 35.5. The minimum atomic E-state index is 0.103. The van der Waals surface area contributed by atoms with Crippen molar-refractivity contribution in [3.63, 3.8) is 0 Å². The minimum Gasteiger partial charge on any atom is -0.494 e. The van der Waals surface area contributed by atoms with Crippen LogP contribution in [0.4, 0.5) is 5.95 Å². The Morgan fingerprint density at radius 3 is 2.65 bits per heavy atom. The van der Waals surface area contributed by atoms with E-state index in [1.54, 1.807) is 19.5 Å². The quantitative estimate of drug-likeness (QED) is 0.267. The third-order valence-electron chi connectivity index (χ3n) is 10.5. The second-order valence-corrected chi connectivity index (χ2v) is 13.2. The number of methoxy groups -OCH3 is 1. The summed E-state index contributed by atoms with van der Waals surface area (Å²) in [6, 6.07) is 14.2. The molecule has 2 saturated heterocycles. The number of carbonyl (C=O) groups is 1. The number of amides is 1. The van der Waals surface area contributed by atoms with Gasteiger partial charge in [0.25, 0.3) is 5.91 Å². The summed E-state index contributed by atoms with van der Waals surface area (Å²) in [5.74, 6) is 5.02. The van der Waals surface area contributed by atoms with Gasteiger partial charge in [0.05, 0.1) is 18.3 Å². The first-order valence-corrected chi connectivity index (χ1v) is 15.5. The molecule has 2 aliphatic heterocycles. The Morgan fingerprint density at radius 1 is 1.05 bits per heavy atom. The van der Waals surface area contributed by atoms with Gasteiger partial charge in [-0.2, -0.15) is 0 Å². The molecule has 10 heteroatoms. The van der Waals surface area contributed by atoms with Gasteiger partial charge >= 0.3 is 0 Å². The number of benzene rings is 2. The smallest absolute Gasteiger partial charge is 0.254 e. The van der Waals surface area contributed by atoms with Crippen molar-refractivity contribution in [2.45, 2.75) is 25.4 Å². The summed E-state index contributed by atoms with van der Waals surface area (Å²) in [6.45, 7) is 3.34. The van der Waals surface area contributed by atoms with Crippen LogP contribution in [0, 0.1) is 23.7 Å². The van der Waals surface area contributed by atoms with E-state index in [0.29, 0.717) is 34.2 Å². The number of hydrogen-bond donors (Lipinski definition) is 0. The Bertz CT molecular complexity index is 1930. The molecular formula is C33H32ClN7O2. The molecule has 3 aromatic heterocycles. The van der Waals surface area contributed by atoms with Crippen LogP contribution in [-0.4, -0.2) is 67.7 Å². The Balaban J connectivity index is 1.13. The van der Waals surface area contributed by atoms with Crippen LogP contribution in [0.15, 0.2) is 54.9 Å². The number of nitrogens with zero attached hydrogens (tertiary/aromatic N) is 7. The monoisotopic (exact) mass is 593 g/mol. The van der Waals surface area contributed by atoms with Gasteiger partial charge in [-0.15, -0.1) is 0 Å². The summed E-state index contributed by atoms with van der Waals surface area (Å²) in [7, 11) is 3.75. The average Bonchev–Trinajstić information content (AvgIpc) is 3.50. The van der Waals surface area contributed by atoms with Gasteiger partial charge in [-0.05, 0) is 73.1 Å². The van der Waals surface area contributed by atoms with Crippen LogP contribution in [0.2, 0.25) is 5.02 Å². The van der Waals surface area contributed by atoms with Gasteiger partial charge in [-0.3, -0.25) is 4.79 Å². The lowest BCUT2D eigenvalue weighted by Gasteiger charge is -2.52. The number of hydrogen-bond acceptors (Lipinski definition) is 6. The molecule has 9 nitrogen and oxygen atoms in total. The largest absolute Gasteiger partial charge is 0.494 e.